The van der Waals surface area contributed by atoms with E-state index in [1.807, 2.05) is 0 Å². The van der Waals surface area contributed by atoms with Gasteiger partial charge in [0.2, 0.25) is 5.60 Å². The van der Waals surface area contributed by atoms with Crippen LogP contribution in [0.3, 0.4) is 0 Å². The molecule has 3 aromatic rings. The summed E-state index contributed by atoms with van der Waals surface area (Å²) >= 11 is 0. The number of methoxy groups -OCH3 is 1. The van der Waals surface area contributed by atoms with Crippen LogP contribution in [0.4, 0.5) is 5.82 Å². The van der Waals surface area contributed by atoms with Crippen molar-refractivity contribution in [1.82, 2.24) is 19.7 Å². The summed E-state index contributed by atoms with van der Waals surface area (Å²) in [4.78, 5) is 29.4. The number of carbonyl (C=O) groups is 2. The van der Waals surface area contributed by atoms with Crippen LogP contribution in [0.15, 0.2) is 48.8 Å². The Balaban J connectivity index is 1.61. The minimum Gasteiger partial charge on any atom is -0.464 e. The van der Waals surface area contributed by atoms with Crippen LogP contribution in [0.25, 0.3) is 5.52 Å². The molecule has 15 nitrogen and oxygen atoms in total. The number of anilines is 1. The Morgan fingerprint density at radius 2 is 1.96 bits per heavy atom. The van der Waals surface area contributed by atoms with E-state index in [0.29, 0.717) is 24.2 Å². The number of benzene rings is 1. The van der Waals surface area contributed by atoms with E-state index >= 15 is 0 Å². The van der Waals surface area contributed by atoms with Crippen molar-refractivity contribution < 1.29 is 42.1 Å². The third-order valence-corrected chi connectivity index (χ3v) is 8.54. The zero-order chi connectivity index (χ0) is 32.6. The highest BCUT2D eigenvalue weighted by Crippen LogP contribution is 2.49. The maximum atomic E-state index is 14.2. The number of hydrogen-bond acceptors (Lipinski definition) is 13. The maximum Gasteiger partial charge on any atom is 0.459 e. The summed E-state index contributed by atoms with van der Waals surface area (Å²) in [5, 5.41) is 17.3. The lowest BCUT2D eigenvalue weighted by Crippen LogP contribution is -2.46. The van der Waals surface area contributed by atoms with Gasteiger partial charge in [0.05, 0.1) is 18.2 Å². The number of fused-ring (bicyclic) bond motifs is 1. The van der Waals surface area contributed by atoms with Gasteiger partial charge in [0.15, 0.2) is 5.82 Å². The van der Waals surface area contributed by atoms with Crippen molar-refractivity contribution in [2.45, 2.75) is 57.5 Å². The van der Waals surface area contributed by atoms with Gasteiger partial charge in [-0.2, -0.15) is 15.4 Å². The Labute approximate surface area is 260 Å². The van der Waals surface area contributed by atoms with Crippen LogP contribution in [-0.2, 0) is 37.6 Å². The fourth-order valence-corrected chi connectivity index (χ4v) is 6.04. The average molecular weight is 645 g/mol. The van der Waals surface area contributed by atoms with Crippen LogP contribution >= 0.6 is 7.75 Å². The molecule has 0 aliphatic carbocycles. The number of esters is 2. The fraction of sp³-hybridized carbons (Fsp3) is 0.483. The average Bonchev–Trinajstić information content (AvgIpc) is 3.61. The lowest BCUT2D eigenvalue weighted by molar-refractivity contribution is -0.161. The highest BCUT2D eigenvalue weighted by Gasteiger charge is 2.55. The minimum absolute atomic E-state index is 0.0485. The number of nitriles is 1. The monoisotopic (exact) mass is 644 g/mol. The molecule has 1 aliphatic heterocycles. The number of nitrogens with one attached hydrogen (secondary N) is 1. The SMILES string of the molecule is COCCCOC(=O)[C@H](C)NP(=O)(OC[C@@]1(C#N)O[C@@H](c2ccc3c(N)ncnn23)C[C@@H]1OC(=O)C(C)C)Oc1ccccc1. The second-order valence-corrected chi connectivity index (χ2v) is 12.4. The minimum atomic E-state index is -4.40. The van der Waals surface area contributed by atoms with Crippen molar-refractivity contribution in [2.24, 2.45) is 5.92 Å². The number of nitrogen functional groups attached to an aromatic ring is 1. The smallest absolute Gasteiger partial charge is 0.459 e. The van der Waals surface area contributed by atoms with E-state index in [0.717, 1.165) is 0 Å². The predicted octanol–water partition coefficient (Wildman–Crippen LogP) is 3.36. The fourth-order valence-electron chi connectivity index (χ4n) is 4.52. The summed E-state index contributed by atoms with van der Waals surface area (Å²) in [5.74, 6) is -1.37. The molecule has 1 saturated heterocycles. The normalized spacial score (nSPS) is 21.6. The maximum absolute atomic E-state index is 14.2. The quantitative estimate of drug-likeness (QED) is 0.139. The second-order valence-electron chi connectivity index (χ2n) is 10.7. The Morgan fingerprint density at radius 1 is 1.20 bits per heavy atom. The number of para-hydroxylation sites is 1. The zero-order valence-electron chi connectivity index (χ0n) is 25.5. The van der Waals surface area contributed by atoms with Gasteiger partial charge in [0.1, 0.15) is 48.5 Å². The molecule has 45 heavy (non-hydrogen) atoms. The van der Waals surface area contributed by atoms with Crippen LogP contribution in [0.2, 0.25) is 0 Å². The molecule has 0 amide bonds. The molecule has 3 heterocycles. The van der Waals surface area contributed by atoms with E-state index in [1.165, 1.54) is 24.9 Å². The molecule has 1 aliphatic rings. The molecule has 3 N–H and O–H groups in total. The number of ether oxygens (including phenoxy) is 4. The van der Waals surface area contributed by atoms with Gasteiger partial charge in [-0.15, -0.1) is 0 Å². The van der Waals surface area contributed by atoms with Crippen molar-refractivity contribution in [3.63, 3.8) is 0 Å². The second kappa shape index (κ2) is 14.8. The van der Waals surface area contributed by atoms with Gasteiger partial charge in [-0.05, 0) is 31.2 Å². The number of nitrogens with two attached hydrogens (primary N) is 1. The summed E-state index contributed by atoms with van der Waals surface area (Å²) in [6.45, 7) is 4.56. The summed E-state index contributed by atoms with van der Waals surface area (Å²) in [5.41, 5.74) is 5.10. The first kappa shape index (κ1) is 33.8. The zero-order valence-corrected chi connectivity index (χ0v) is 26.3. The molecule has 1 fully saturated rings. The first-order valence-corrected chi connectivity index (χ1v) is 15.9. The highest BCUT2D eigenvalue weighted by molar-refractivity contribution is 7.52. The van der Waals surface area contributed by atoms with Gasteiger partial charge < -0.3 is 29.2 Å². The molecule has 1 unspecified atom stereocenters. The van der Waals surface area contributed by atoms with Crippen molar-refractivity contribution in [2.75, 3.05) is 32.7 Å². The van der Waals surface area contributed by atoms with Crippen LogP contribution in [-0.4, -0.2) is 71.2 Å². The highest BCUT2D eigenvalue weighted by atomic mass is 31.2. The van der Waals surface area contributed by atoms with Crippen molar-refractivity contribution in [3.8, 4) is 11.8 Å². The van der Waals surface area contributed by atoms with Gasteiger partial charge in [-0.3, -0.25) is 14.1 Å². The first-order valence-electron chi connectivity index (χ1n) is 14.3. The lowest BCUT2D eigenvalue weighted by atomic mass is 9.98. The molecule has 5 atom stereocenters. The summed E-state index contributed by atoms with van der Waals surface area (Å²) < 4.78 is 49.4. The summed E-state index contributed by atoms with van der Waals surface area (Å²) in [7, 11) is -2.87. The summed E-state index contributed by atoms with van der Waals surface area (Å²) in [6.07, 6.45) is -0.144. The molecular weight excluding hydrogens is 607 g/mol. The van der Waals surface area contributed by atoms with E-state index in [-0.39, 0.29) is 24.6 Å². The largest absolute Gasteiger partial charge is 0.464 e. The van der Waals surface area contributed by atoms with E-state index < -0.39 is 56.1 Å². The molecule has 16 heteroatoms. The van der Waals surface area contributed by atoms with Crippen LogP contribution < -0.4 is 15.3 Å². The molecule has 0 saturated carbocycles. The molecule has 4 rings (SSSR count). The number of rotatable bonds is 15. The Morgan fingerprint density at radius 3 is 2.64 bits per heavy atom. The number of nitrogens with zero attached hydrogens (tertiary/aromatic N) is 4. The molecule has 1 aromatic carbocycles. The first-order chi connectivity index (χ1) is 21.5. The van der Waals surface area contributed by atoms with E-state index in [9.17, 15) is 19.4 Å². The van der Waals surface area contributed by atoms with Crippen molar-refractivity contribution in [3.05, 3.63) is 54.5 Å². The Bertz CT molecular complexity index is 1560. The van der Waals surface area contributed by atoms with E-state index in [4.69, 9.17) is 33.7 Å². The molecular formula is C29H37N6O9P. The molecule has 2 aromatic heterocycles. The third-order valence-electron chi connectivity index (χ3n) is 6.92. The van der Waals surface area contributed by atoms with E-state index in [1.54, 1.807) is 56.3 Å². The molecule has 0 bridgehead atoms. The molecule has 0 radical (unpaired) electrons. The van der Waals surface area contributed by atoms with Gasteiger partial charge in [0.25, 0.3) is 0 Å². The Kier molecular flexibility index (Phi) is 11.1. The van der Waals surface area contributed by atoms with Crippen LogP contribution in [0, 0.1) is 17.2 Å². The number of hydrogen-bond donors (Lipinski definition) is 2. The van der Waals surface area contributed by atoms with Gasteiger partial charge >= 0.3 is 19.7 Å². The summed E-state index contributed by atoms with van der Waals surface area (Å²) in [6, 6.07) is 12.5. The van der Waals surface area contributed by atoms with Crippen LogP contribution in [0.1, 0.15) is 45.4 Å². The molecule has 242 valence electrons. The molecule has 0 spiro atoms. The van der Waals surface area contributed by atoms with E-state index in [2.05, 4.69) is 21.2 Å². The lowest BCUT2D eigenvalue weighted by Gasteiger charge is -2.30. The van der Waals surface area contributed by atoms with Gasteiger partial charge in [0, 0.05) is 26.6 Å². The van der Waals surface area contributed by atoms with Crippen molar-refractivity contribution in [1.29, 1.82) is 5.26 Å². The standard InChI is InChI=1S/C29H37N6O9P/c1-19(2)27(36)42-25-15-24(22-11-12-23-26(31)32-18-33-35(22)23)43-29(25,16-30)17-41-45(38,44-21-9-6-5-7-10-21)34-20(3)28(37)40-14-8-13-39-4/h5-7,9-12,18-20,24-25H,8,13-15,17H2,1-4H3,(H,34,38)(H2,31,32,33)/t20-,24+,25-,29+,45?/m0/s1. The van der Waals surface area contributed by atoms with Gasteiger partial charge in [-0.25, -0.2) is 14.1 Å². The number of aromatic nitrogens is 3. The Hall–Kier alpha value is -4.06. The van der Waals surface area contributed by atoms with Gasteiger partial charge in [-0.1, -0.05) is 32.0 Å². The predicted molar refractivity (Wildman–Crippen MR) is 160 cm³/mol. The third kappa shape index (κ3) is 8.16. The van der Waals surface area contributed by atoms with Crippen molar-refractivity contribution >= 4 is 31.0 Å². The van der Waals surface area contributed by atoms with Crippen LogP contribution in [0.5, 0.6) is 5.75 Å². The number of carbonyl (C=O) groups excluding carboxylic acids is 2. The topological polar surface area (TPSA) is 199 Å².